The lowest BCUT2D eigenvalue weighted by Crippen LogP contribution is -2.47. The number of hydrogen-bond acceptors (Lipinski definition) is 6. The first-order chi connectivity index (χ1) is 15.6. The SMILES string of the molecule is CN1CCC(N2CCOCCOc3ccccc3Oc3ccc(Cl)cc3NC(=O)C2)CC1. The molecule has 172 valence electrons. The number of para-hydroxylation sites is 2. The fraction of sp³-hybridized carbons (Fsp3) is 0.458. The van der Waals surface area contributed by atoms with E-state index in [1.165, 1.54) is 0 Å². The van der Waals surface area contributed by atoms with E-state index in [9.17, 15) is 4.79 Å². The van der Waals surface area contributed by atoms with Crippen LogP contribution in [0, 0.1) is 0 Å². The van der Waals surface area contributed by atoms with Crippen molar-refractivity contribution < 1.29 is 19.0 Å². The Bertz CT molecular complexity index is 918. The van der Waals surface area contributed by atoms with Crippen LogP contribution in [0.5, 0.6) is 17.2 Å². The molecule has 1 N–H and O–H groups in total. The van der Waals surface area contributed by atoms with Crippen LogP contribution in [0.3, 0.4) is 0 Å². The fourth-order valence-electron chi connectivity index (χ4n) is 4.08. The van der Waals surface area contributed by atoms with Crippen LogP contribution >= 0.6 is 11.6 Å². The minimum atomic E-state index is -0.101. The summed E-state index contributed by atoms with van der Waals surface area (Å²) in [5.74, 6) is 1.59. The van der Waals surface area contributed by atoms with Gasteiger partial charge in [-0.2, -0.15) is 0 Å². The number of nitrogens with one attached hydrogen (secondary N) is 1. The first-order valence-corrected chi connectivity index (χ1v) is 11.5. The molecule has 1 saturated heterocycles. The minimum Gasteiger partial charge on any atom is -0.487 e. The molecule has 7 nitrogen and oxygen atoms in total. The van der Waals surface area contributed by atoms with E-state index in [-0.39, 0.29) is 12.5 Å². The van der Waals surface area contributed by atoms with E-state index in [4.69, 9.17) is 25.8 Å². The van der Waals surface area contributed by atoms with Crippen LogP contribution in [-0.4, -0.2) is 74.8 Å². The third-order valence-electron chi connectivity index (χ3n) is 5.84. The molecule has 0 atom stereocenters. The third-order valence-corrected chi connectivity index (χ3v) is 6.08. The summed E-state index contributed by atoms with van der Waals surface area (Å²) in [5.41, 5.74) is 0.534. The number of halogens is 1. The molecule has 0 bridgehead atoms. The largest absolute Gasteiger partial charge is 0.487 e. The summed E-state index contributed by atoms with van der Waals surface area (Å²) in [6.45, 7) is 4.47. The van der Waals surface area contributed by atoms with E-state index in [0.717, 1.165) is 25.9 Å². The molecule has 0 radical (unpaired) electrons. The number of anilines is 1. The molecule has 2 aliphatic heterocycles. The summed E-state index contributed by atoms with van der Waals surface area (Å²) < 4.78 is 17.8. The van der Waals surface area contributed by atoms with Crippen molar-refractivity contribution in [2.45, 2.75) is 18.9 Å². The Labute approximate surface area is 194 Å². The standard InChI is InChI=1S/C24H30ClN3O4/c1-27-10-8-19(9-11-27)28-12-13-30-14-15-31-22-4-2-3-5-23(22)32-21-7-6-18(25)16-20(21)26-24(29)17-28/h2-7,16,19H,8-15,17H2,1H3,(H,26,29). The highest BCUT2D eigenvalue weighted by Gasteiger charge is 2.25. The second-order valence-corrected chi connectivity index (χ2v) is 8.64. The predicted molar refractivity (Wildman–Crippen MR) is 125 cm³/mol. The lowest BCUT2D eigenvalue weighted by molar-refractivity contribution is -0.118. The van der Waals surface area contributed by atoms with Crippen LogP contribution in [0.1, 0.15) is 12.8 Å². The summed E-state index contributed by atoms with van der Waals surface area (Å²) in [7, 11) is 2.14. The van der Waals surface area contributed by atoms with Gasteiger partial charge in [0.2, 0.25) is 5.91 Å². The van der Waals surface area contributed by atoms with Gasteiger partial charge in [-0.1, -0.05) is 23.7 Å². The maximum Gasteiger partial charge on any atom is 0.238 e. The van der Waals surface area contributed by atoms with E-state index in [1.54, 1.807) is 18.2 Å². The van der Waals surface area contributed by atoms with Gasteiger partial charge in [0.15, 0.2) is 17.2 Å². The number of rotatable bonds is 1. The average Bonchev–Trinajstić information content (AvgIpc) is 2.78. The predicted octanol–water partition coefficient (Wildman–Crippen LogP) is 3.88. The number of hydrogen-bond donors (Lipinski definition) is 1. The van der Waals surface area contributed by atoms with Crippen LogP contribution in [0.2, 0.25) is 5.02 Å². The summed E-state index contributed by atoms with van der Waals surface area (Å²) in [5, 5.41) is 3.52. The molecule has 0 spiro atoms. The molecule has 0 aromatic heterocycles. The van der Waals surface area contributed by atoms with Crippen molar-refractivity contribution >= 4 is 23.2 Å². The number of nitrogens with zero attached hydrogens (tertiary/aromatic N) is 2. The molecule has 8 heteroatoms. The van der Waals surface area contributed by atoms with Gasteiger partial charge in [0, 0.05) is 17.6 Å². The summed E-state index contributed by atoms with van der Waals surface area (Å²) in [4.78, 5) is 17.6. The highest BCUT2D eigenvalue weighted by molar-refractivity contribution is 6.31. The van der Waals surface area contributed by atoms with Crippen molar-refractivity contribution in [3.8, 4) is 17.2 Å². The molecule has 2 aromatic carbocycles. The molecular weight excluding hydrogens is 430 g/mol. The maximum absolute atomic E-state index is 13.0. The van der Waals surface area contributed by atoms with E-state index in [1.807, 2.05) is 24.3 Å². The number of amides is 1. The smallest absolute Gasteiger partial charge is 0.238 e. The average molecular weight is 460 g/mol. The summed E-state index contributed by atoms with van der Waals surface area (Å²) in [6.07, 6.45) is 2.07. The van der Waals surface area contributed by atoms with E-state index in [0.29, 0.717) is 60.4 Å². The highest BCUT2D eigenvalue weighted by atomic mass is 35.5. The second kappa shape index (κ2) is 11.0. The van der Waals surface area contributed by atoms with Crippen molar-refractivity contribution in [1.82, 2.24) is 9.80 Å². The Morgan fingerprint density at radius 3 is 2.56 bits per heavy atom. The zero-order valence-electron chi connectivity index (χ0n) is 18.4. The molecule has 4 rings (SSSR count). The monoisotopic (exact) mass is 459 g/mol. The Kier molecular flexibility index (Phi) is 7.86. The molecule has 1 amide bonds. The number of likely N-dealkylation sites (tertiary alicyclic amines) is 1. The van der Waals surface area contributed by atoms with Crippen molar-refractivity contribution in [2.75, 3.05) is 58.4 Å². The van der Waals surface area contributed by atoms with Crippen LogP contribution in [-0.2, 0) is 9.53 Å². The number of piperidine rings is 1. The van der Waals surface area contributed by atoms with Crippen molar-refractivity contribution in [1.29, 1.82) is 0 Å². The summed E-state index contributed by atoms with van der Waals surface area (Å²) in [6, 6.07) is 13.0. The van der Waals surface area contributed by atoms with Crippen molar-refractivity contribution in [3.63, 3.8) is 0 Å². The molecule has 32 heavy (non-hydrogen) atoms. The molecule has 2 aliphatic rings. The lowest BCUT2D eigenvalue weighted by atomic mass is 10.0. The number of carbonyl (C=O) groups excluding carboxylic acids is 1. The number of fused-ring (bicyclic) bond motifs is 2. The molecule has 0 saturated carbocycles. The van der Waals surface area contributed by atoms with Gasteiger partial charge < -0.3 is 24.4 Å². The quantitative estimate of drug-likeness (QED) is 0.698. The third kappa shape index (κ3) is 6.13. The number of carbonyl (C=O) groups is 1. The van der Waals surface area contributed by atoms with Gasteiger partial charge in [0.05, 0.1) is 25.4 Å². The maximum atomic E-state index is 13.0. The number of benzene rings is 2. The Hall–Kier alpha value is -2.32. The molecule has 2 aromatic rings. The highest BCUT2D eigenvalue weighted by Crippen LogP contribution is 2.36. The van der Waals surface area contributed by atoms with Gasteiger partial charge in [-0.3, -0.25) is 9.69 Å². The van der Waals surface area contributed by atoms with Crippen molar-refractivity contribution in [3.05, 3.63) is 47.5 Å². The zero-order valence-corrected chi connectivity index (χ0v) is 19.1. The second-order valence-electron chi connectivity index (χ2n) is 8.20. The van der Waals surface area contributed by atoms with Gasteiger partial charge in [-0.15, -0.1) is 0 Å². The lowest BCUT2D eigenvalue weighted by Gasteiger charge is -2.37. The van der Waals surface area contributed by atoms with Crippen LogP contribution in [0.4, 0.5) is 5.69 Å². The van der Waals surface area contributed by atoms with Gasteiger partial charge >= 0.3 is 0 Å². The van der Waals surface area contributed by atoms with Gasteiger partial charge in [-0.25, -0.2) is 0 Å². The summed E-state index contributed by atoms with van der Waals surface area (Å²) >= 11 is 6.22. The minimum absolute atomic E-state index is 0.101. The van der Waals surface area contributed by atoms with E-state index < -0.39 is 0 Å². The van der Waals surface area contributed by atoms with Gasteiger partial charge in [0.25, 0.3) is 0 Å². The number of ether oxygens (including phenoxy) is 3. The Morgan fingerprint density at radius 1 is 0.969 bits per heavy atom. The van der Waals surface area contributed by atoms with Gasteiger partial charge in [-0.05, 0) is 63.3 Å². The first kappa shape index (κ1) is 22.9. The first-order valence-electron chi connectivity index (χ1n) is 11.1. The Morgan fingerprint density at radius 2 is 1.75 bits per heavy atom. The van der Waals surface area contributed by atoms with Crippen LogP contribution < -0.4 is 14.8 Å². The molecule has 0 aliphatic carbocycles. The van der Waals surface area contributed by atoms with Gasteiger partial charge in [0.1, 0.15) is 6.61 Å². The molecule has 1 fully saturated rings. The van der Waals surface area contributed by atoms with Crippen LogP contribution in [0.15, 0.2) is 42.5 Å². The van der Waals surface area contributed by atoms with E-state index in [2.05, 4.69) is 22.2 Å². The Balaban J connectivity index is 1.57. The molecular formula is C24H30ClN3O4. The van der Waals surface area contributed by atoms with E-state index >= 15 is 0 Å². The zero-order chi connectivity index (χ0) is 22.3. The van der Waals surface area contributed by atoms with Crippen LogP contribution in [0.25, 0.3) is 0 Å². The van der Waals surface area contributed by atoms with Crippen molar-refractivity contribution in [2.24, 2.45) is 0 Å². The molecule has 2 heterocycles. The topological polar surface area (TPSA) is 63.3 Å². The molecule has 0 unspecified atom stereocenters. The normalized spacial score (nSPS) is 20.0. The fourth-order valence-corrected chi connectivity index (χ4v) is 4.25.